The van der Waals surface area contributed by atoms with Gasteiger partial charge in [-0.15, -0.1) is 0 Å². The molecular weight excluding hydrogens is 760 g/mol. The molecule has 3 fully saturated rings. The number of rotatable bonds is 13. The second-order valence-corrected chi connectivity index (χ2v) is 17.7. The zero-order valence-corrected chi connectivity index (χ0v) is 37.3. The second-order valence-electron chi connectivity index (χ2n) is 17.7. The molecule has 3 rings (SSSR count). The van der Waals surface area contributed by atoms with Crippen LogP contribution in [-0.4, -0.2) is 175 Å². The first kappa shape index (κ1) is 50.8. The van der Waals surface area contributed by atoms with Crippen molar-refractivity contribution in [2.75, 3.05) is 48.3 Å². The molecule has 5 N–H and O–H groups in total. The second kappa shape index (κ2) is 21.5. The molecule has 0 saturated carbocycles. The minimum absolute atomic E-state index is 0.0307. The molecule has 3 aliphatic rings. The highest BCUT2D eigenvalue weighted by molar-refractivity contribution is 5.88. The van der Waals surface area contributed by atoms with E-state index in [1.54, 1.807) is 55.6 Å². The summed E-state index contributed by atoms with van der Waals surface area (Å²) in [5, 5.41) is 63.6. The van der Waals surface area contributed by atoms with Gasteiger partial charge in [-0.3, -0.25) is 4.79 Å². The number of hydrogen-bond acceptors (Lipinski definition) is 17. The highest BCUT2D eigenvalue weighted by Gasteiger charge is 2.53. The zero-order valence-electron chi connectivity index (χ0n) is 37.3. The SMILES string of the molecule is CCC1OC(=O)[C@@H](C)C(O[C@@H]2C[C@](C)(OC)[C@H](O)[C@@H](C)O2)[C@@H](C)[C@H](O[C@H]2O[C@@H](C)C[C@@H](N(C)C)[C@@H]2O)[C@@](C)(O)C[C@H](C)/C(=N\OCOCCOC)[C@@H](C)[C@H](O)[C@@]1(C)O. The van der Waals surface area contributed by atoms with Gasteiger partial charge in [0.2, 0.25) is 6.79 Å². The Morgan fingerprint density at radius 2 is 1.55 bits per heavy atom. The first-order valence-corrected chi connectivity index (χ1v) is 20.8. The standard InChI is InChI=1S/C41H76N2O15/c1-15-29-41(10,49)34(45)24(4)31(42-53-21-52-17-16-50-13)22(2)19-39(8,48)36(58-38-32(44)28(43(11)12)18-23(3)54-38)25(5)33(26(6)37(47)56-29)57-30-20-40(9,51-14)35(46)27(7)55-30/h22-30,32-36,38,44-46,48-49H,15-21H2,1-14H3/b42-31+/t22-,23-,24+,25+,26-,27+,28+,29?,30+,32-,33?,34-,35+,36-,38+,39-,40-,41-/m0/s1. The largest absolute Gasteiger partial charge is 0.459 e. The summed E-state index contributed by atoms with van der Waals surface area (Å²) < 4.78 is 48.1. The van der Waals surface area contributed by atoms with Crippen LogP contribution in [0.4, 0.5) is 0 Å². The number of likely N-dealkylation sites (N-methyl/N-ethyl adjacent to an activating group) is 1. The van der Waals surface area contributed by atoms with Gasteiger partial charge in [-0.25, -0.2) is 0 Å². The van der Waals surface area contributed by atoms with E-state index in [1.807, 2.05) is 32.8 Å². The van der Waals surface area contributed by atoms with Gasteiger partial charge in [0, 0.05) is 44.4 Å². The first-order valence-electron chi connectivity index (χ1n) is 20.8. The molecular formula is C41H76N2O15. The number of hydrogen-bond donors (Lipinski definition) is 5. The fraction of sp³-hybridized carbons (Fsp3) is 0.951. The van der Waals surface area contributed by atoms with Crippen LogP contribution < -0.4 is 0 Å². The summed E-state index contributed by atoms with van der Waals surface area (Å²) in [7, 11) is 6.76. The summed E-state index contributed by atoms with van der Waals surface area (Å²) in [6, 6.07) is -0.328. The molecule has 58 heavy (non-hydrogen) atoms. The molecule has 2 unspecified atom stereocenters. The van der Waals surface area contributed by atoms with Crippen LogP contribution >= 0.6 is 0 Å². The van der Waals surface area contributed by atoms with Crippen LogP contribution in [0.25, 0.3) is 0 Å². The maximum atomic E-state index is 14.3. The molecule has 0 aromatic rings. The number of nitrogens with zero attached hydrogens (tertiary/aromatic N) is 2. The summed E-state index contributed by atoms with van der Waals surface area (Å²) in [4.78, 5) is 21.8. The summed E-state index contributed by atoms with van der Waals surface area (Å²) in [5.74, 6) is -4.14. The quantitative estimate of drug-likeness (QED) is 0.0778. The molecule has 0 radical (unpaired) electrons. The number of carbonyl (C=O) groups is 1. The van der Waals surface area contributed by atoms with Crippen LogP contribution in [0.15, 0.2) is 5.16 Å². The Labute approximate surface area is 345 Å². The van der Waals surface area contributed by atoms with Crippen LogP contribution in [0, 0.1) is 23.7 Å². The van der Waals surface area contributed by atoms with E-state index in [2.05, 4.69) is 5.16 Å². The number of ether oxygens (including phenoxy) is 8. The Hall–Kier alpha value is -1.58. The molecule has 0 amide bonds. The first-order chi connectivity index (χ1) is 27.0. The van der Waals surface area contributed by atoms with Crippen molar-refractivity contribution in [3.8, 4) is 0 Å². The monoisotopic (exact) mass is 837 g/mol. The summed E-state index contributed by atoms with van der Waals surface area (Å²) >= 11 is 0. The Bertz CT molecular complexity index is 1300. The minimum Gasteiger partial charge on any atom is -0.459 e. The maximum Gasteiger partial charge on any atom is 0.311 e. The van der Waals surface area contributed by atoms with Crippen LogP contribution in [0.2, 0.25) is 0 Å². The minimum atomic E-state index is -1.97. The van der Waals surface area contributed by atoms with Crippen LogP contribution in [0.5, 0.6) is 0 Å². The van der Waals surface area contributed by atoms with E-state index < -0.39 is 102 Å². The number of aliphatic hydroxyl groups excluding tert-OH is 3. The molecule has 3 heterocycles. The van der Waals surface area contributed by atoms with Gasteiger partial charge in [0.1, 0.15) is 23.9 Å². The molecule has 0 aromatic carbocycles. The van der Waals surface area contributed by atoms with Gasteiger partial charge in [-0.1, -0.05) is 32.9 Å². The lowest BCUT2D eigenvalue weighted by Crippen LogP contribution is -2.61. The third-order valence-corrected chi connectivity index (χ3v) is 12.6. The van der Waals surface area contributed by atoms with Crippen LogP contribution in [-0.2, 0) is 47.5 Å². The fourth-order valence-corrected chi connectivity index (χ4v) is 8.93. The fourth-order valence-electron chi connectivity index (χ4n) is 8.93. The molecule has 0 aliphatic carbocycles. The average molecular weight is 837 g/mol. The molecule has 0 aromatic heterocycles. The summed E-state index contributed by atoms with van der Waals surface area (Å²) in [5.41, 5.74) is -4.49. The Kier molecular flexibility index (Phi) is 18.8. The number of aliphatic hydroxyl groups is 5. The number of esters is 1. The normalized spacial score (nSPS) is 45.8. The zero-order chi connectivity index (χ0) is 43.9. The number of cyclic esters (lactones) is 1. The lowest BCUT2D eigenvalue weighted by Gasteiger charge is -2.49. The van der Waals surface area contributed by atoms with Gasteiger partial charge < -0.3 is 73.2 Å². The topological polar surface area (TPSA) is 217 Å². The van der Waals surface area contributed by atoms with E-state index in [4.69, 9.17) is 42.7 Å². The molecule has 0 bridgehead atoms. The van der Waals surface area contributed by atoms with Crippen molar-refractivity contribution in [1.82, 2.24) is 4.90 Å². The van der Waals surface area contributed by atoms with Crippen molar-refractivity contribution in [1.29, 1.82) is 0 Å². The molecule has 3 aliphatic heterocycles. The van der Waals surface area contributed by atoms with Gasteiger partial charge in [0.25, 0.3) is 0 Å². The lowest BCUT2D eigenvalue weighted by molar-refractivity contribution is -0.317. The van der Waals surface area contributed by atoms with Crippen LogP contribution in [0.3, 0.4) is 0 Å². The molecule has 18 atom stereocenters. The van der Waals surface area contributed by atoms with Gasteiger partial charge in [0.05, 0.1) is 66.6 Å². The predicted octanol–water partition coefficient (Wildman–Crippen LogP) is 2.21. The van der Waals surface area contributed by atoms with E-state index in [-0.39, 0.29) is 44.8 Å². The van der Waals surface area contributed by atoms with Crippen molar-refractivity contribution >= 4 is 11.7 Å². The van der Waals surface area contributed by atoms with Gasteiger partial charge in [0.15, 0.2) is 12.6 Å². The van der Waals surface area contributed by atoms with E-state index in [0.717, 1.165) is 0 Å². The van der Waals surface area contributed by atoms with Crippen LogP contribution in [0.1, 0.15) is 94.9 Å². The Morgan fingerprint density at radius 1 is 0.897 bits per heavy atom. The summed E-state index contributed by atoms with van der Waals surface area (Å²) in [6.45, 7) is 17.3. The van der Waals surface area contributed by atoms with Crippen molar-refractivity contribution in [3.05, 3.63) is 0 Å². The van der Waals surface area contributed by atoms with Crippen molar-refractivity contribution in [2.24, 2.45) is 28.8 Å². The number of methoxy groups -OCH3 is 2. The van der Waals surface area contributed by atoms with E-state index >= 15 is 0 Å². The van der Waals surface area contributed by atoms with E-state index in [1.165, 1.54) is 14.0 Å². The summed E-state index contributed by atoms with van der Waals surface area (Å²) in [6.07, 6.45) is -9.49. The van der Waals surface area contributed by atoms with Gasteiger partial charge in [-0.05, 0) is 74.9 Å². The number of oxime groups is 1. The highest BCUT2D eigenvalue weighted by Crippen LogP contribution is 2.41. The predicted molar refractivity (Wildman–Crippen MR) is 212 cm³/mol. The molecule has 17 nitrogen and oxygen atoms in total. The third kappa shape index (κ3) is 12.1. The average Bonchev–Trinajstić information content (AvgIpc) is 3.15. The smallest absolute Gasteiger partial charge is 0.311 e. The van der Waals surface area contributed by atoms with Gasteiger partial charge >= 0.3 is 5.97 Å². The van der Waals surface area contributed by atoms with Gasteiger partial charge in [-0.2, -0.15) is 0 Å². The molecule has 0 spiro atoms. The molecule has 340 valence electrons. The van der Waals surface area contributed by atoms with Crippen molar-refractivity contribution in [2.45, 2.75) is 179 Å². The highest BCUT2D eigenvalue weighted by atomic mass is 16.7. The maximum absolute atomic E-state index is 14.3. The lowest BCUT2D eigenvalue weighted by atomic mass is 9.73. The molecule has 17 heteroatoms. The van der Waals surface area contributed by atoms with E-state index in [0.29, 0.717) is 18.7 Å². The number of carbonyl (C=O) groups excluding carboxylic acids is 1. The molecule has 3 saturated heterocycles. The third-order valence-electron chi connectivity index (χ3n) is 12.6. The van der Waals surface area contributed by atoms with Crippen molar-refractivity contribution < 1.29 is 73.1 Å². The van der Waals surface area contributed by atoms with E-state index in [9.17, 15) is 30.3 Å². The van der Waals surface area contributed by atoms with Crippen molar-refractivity contribution in [3.63, 3.8) is 0 Å². The Balaban J connectivity index is 2.22. The Morgan fingerprint density at radius 3 is 2.14 bits per heavy atom.